The van der Waals surface area contributed by atoms with E-state index in [2.05, 4.69) is 10.3 Å². The summed E-state index contributed by atoms with van der Waals surface area (Å²) in [4.78, 5) is 18.0. The van der Waals surface area contributed by atoms with Gasteiger partial charge in [0.15, 0.2) is 5.13 Å². The first-order chi connectivity index (χ1) is 13.6. The lowest BCUT2D eigenvalue weighted by Crippen LogP contribution is -2.37. The van der Waals surface area contributed by atoms with Crippen LogP contribution in [0.4, 0.5) is 10.8 Å². The molecule has 29 heavy (non-hydrogen) atoms. The normalized spacial score (nSPS) is 11.3. The zero-order chi connectivity index (χ0) is 21.2. The number of rotatable bonds is 6. The molecule has 0 unspecified atom stereocenters. The SMILES string of the molecule is Cc1ccccc1N(CC(=O)Nc1nc(-c2ccc(Cl)cc2)c(C)s1)S(C)(=O)=O. The molecule has 0 saturated heterocycles. The first-order valence-electron chi connectivity index (χ1n) is 8.71. The topological polar surface area (TPSA) is 79.4 Å². The molecule has 6 nitrogen and oxygen atoms in total. The number of hydrogen-bond acceptors (Lipinski definition) is 5. The Morgan fingerprint density at radius 2 is 1.79 bits per heavy atom. The van der Waals surface area contributed by atoms with E-state index >= 15 is 0 Å². The van der Waals surface area contributed by atoms with Gasteiger partial charge >= 0.3 is 0 Å². The molecular formula is C20H20ClN3O3S2. The summed E-state index contributed by atoms with van der Waals surface area (Å²) < 4.78 is 25.6. The number of nitrogens with zero attached hydrogens (tertiary/aromatic N) is 2. The van der Waals surface area contributed by atoms with Crippen molar-refractivity contribution in [2.45, 2.75) is 13.8 Å². The summed E-state index contributed by atoms with van der Waals surface area (Å²) in [6.07, 6.45) is 1.08. The minimum absolute atomic E-state index is 0.335. The smallest absolute Gasteiger partial charge is 0.246 e. The van der Waals surface area contributed by atoms with Gasteiger partial charge in [-0.2, -0.15) is 0 Å². The number of anilines is 2. The van der Waals surface area contributed by atoms with E-state index in [1.54, 1.807) is 37.3 Å². The van der Waals surface area contributed by atoms with E-state index in [-0.39, 0.29) is 6.54 Å². The Labute approximate surface area is 179 Å². The Hall–Kier alpha value is -2.42. The van der Waals surface area contributed by atoms with Gasteiger partial charge in [-0.15, -0.1) is 11.3 Å². The Kier molecular flexibility index (Phi) is 6.26. The average molecular weight is 450 g/mol. The summed E-state index contributed by atoms with van der Waals surface area (Å²) in [5.74, 6) is -0.463. The largest absolute Gasteiger partial charge is 0.300 e. The Morgan fingerprint density at radius 1 is 1.14 bits per heavy atom. The number of hydrogen-bond donors (Lipinski definition) is 1. The molecule has 0 bridgehead atoms. The minimum atomic E-state index is -3.63. The Bertz CT molecular complexity index is 1140. The van der Waals surface area contributed by atoms with Crippen LogP contribution in [-0.2, 0) is 14.8 Å². The second kappa shape index (κ2) is 8.52. The zero-order valence-electron chi connectivity index (χ0n) is 16.1. The van der Waals surface area contributed by atoms with Gasteiger partial charge in [0.2, 0.25) is 15.9 Å². The maximum absolute atomic E-state index is 12.6. The van der Waals surface area contributed by atoms with E-state index in [1.165, 1.54) is 11.3 Å². The van der Waals surface area contributed by atoms with Crippen LogP contribution in [-0.4, -0.2) is 32.1 Å². The minimum Gasteiger partial charge on any atom is -0.300 e. The standard InChI is InChI=1S/C20H20ClN3O3S2/c1-13-6-4-5-7-17(13)24(29(3,26)27)12-18(25)22-20-23-19(14(2)28-20)15-8-10-16(21)11-9-15/h4-11H,12H2,1-3H3,(H,22,23,25). The van der Waals surface area contributed by atoms with E-state index in [1.807, 2.05) is 25.1 Å². The molecule has 1 aromatic heterocycles. The second-order valence-electron chi connectivity index (χ2n) is 6.54. The Balaban J connectivity index is 1.80. The van der Waals surface area contributed by atoms with Crippen LogP contribution in [0.1, 0.15) is 10.4 Å². The van der Waals surface area contributed by atoms with Crippen LogP contribution < -0.4 is 9.62 Å². The summed E-state index contributed by atoms with van der Waals surface area (Å²) in [7, 11) is -3.63. The van der Waals surface area contributed by atoms with Crippen molar-refractivity contribution in [1.82, 2.24) is 4.98 Å². The van der Waals surface area contributed by atoms with Gasteiger partial charge in [0.1, 0.15) is 6.54 Å². The number of halogens is 1. The van der Waals surface area contributed by atoms with Crippen LogP contribution in [0.5, 0.6) is 0 Å². The quantitative estimate of drug-likeness (QED) is 0.601. The molecule has 0 atom stereocenters. The van der Waals surface area contributed by atoms with Crippen LogP contribution >= 0.6 is 22.9 Å². The van der Waals surface area contributed by atoms with Crippen molar-refractivity contribution in [3.63, 3.8) is 0 Å². The maximum atomic E-state index is 12.6. The number of carbonyl (C=O) groups excluding carboxylic acids is 1. The van der Waals surface area contributed by atoms with E-state index in [0.29, 0.717) is 15.8 Å². The summed E-state index contributed by atoms with van der Waals surface area (Å²) in [6, 6.07) is 14.3. The molecule has 152 valence electrons. The summed E-state index contributed by atoms with van der Waals surface area (Å²) in [6.45, 7) is 3.37. The monoisotopic (exact) mass is 449 g/mol. The molecule has 0 fully saturated rings. The van der Waals surface area contributed by atoms with Crippen LogP contribution in [0.15, 0.2) is 48.5 Å². The number of amides is 1. The lowest BCUT2D eigenvalue weighted by Gasteiger charge is -2.23. The third-order valence-corrected chi connectivity index (χ3v) is 6.50. The number of thiazole rings is 1. The van der Waals surface area contributed by atoms with Gasteiger partial charge in [-0.1, -0.05) is 41.9 Å². The number of sulfonamides is 1. The number of nitrogens with one attached hydrogen (secondary N) is 1. The summed E-state index contributed by atoms with van der Waals surface area (Å²) in [5.41, 5.74) is 2.88. The van der Waals surface area contributed by atoms with Crippen molar-refractivity contribution >= 4 is 49.7 Å². The summed E-state index contributed by atoms with van der Waals surface area (Å²) >= 11 is 7.26. The van der Waals surface area contributed by atoms with E-state index in [9.17, 15) is 13.2 Å². The maximum Gasteiger partial charge on any atom is 0.246 e. The van der Waals surface area contributed by atoms with Gasteiger partial charge in [-0.05, 0) is 37.6 Å². The van der Waals surface area contributed by atoms with Crippen LogP contribution in [0.25, 0.3) is 11.3 Å². The third kappa shape index (κ3) is 5.14. The first-order valence-corrected chi connectivity index (χ1v) is 11.8. The molecule has 0 aliphatic rings. The number of benzene rings is 2. The highest BCUT2D eigenvalue weighted by Crippen LogP contribution is 2.31. The highest BCUT2D eigenvalue weighted by molar-refractivity contribution is 7.92. The molecule has 1 heterocycles. The van der Waals surface area contributed by atoms with Crippen molar-refractivity contribution in [2.75, 3.05) is 22.4 Å². The van der Waals surface area contributed by atoms with Crippen molar-refractivity contribution in [3.05, 3.63) is 64.0 Å². The zero-order valence-corrected chi connectivity index (χ0v) is 18.5. The second-order valence-corrected chi connectivity index (χ2v) is 10.1. The van der Waals surface area contributed by atoms with Gasteiger partial charge < -0.3 is 5.32 Å². The fraction of sp³-hybridized carbons (Fsp3) is 0.200. The molecule has 1 amide bonds. The van der Waals surface area contributed by atoms with E-state index in [0.717, 1.165) is 32.3 Å². The molecule has 0 aliphatic carbocycles. The first kappa shape index (κ1) is 21.3. The molecule has 0 aliphatic heterocycles. The number of para-hydroxylation sites is 1. The van der Waals surface area contributed by atoms with Crippen molar-refractivity contribution < 1.29 is 13.2 Å². The van der Waals surface area contributed by atoms with Crippen LogP contribution in [0, 0.1) is 13.8 Å². The Morgan fingerprint density at radius 3 is 2.41 bits per heavy atom. The number of aromatic nitrogens is 1. The number of carbonyl (C=O) groups is 1. The lowest BCUT2D eigenvalue weighted by atomic mass is 10.1. The van der Waals surface area contributed by atoms with Gasteiger partial charge in [0, 0.05) is 15.5 Å². The molecule has 2 aromatic carbocycles. The lowest BCUT2D eigenvalue weighted by molar-refractivity contribution is -0.114. The van der Waals surface area contributed by atoms with Gasteiger partial charge in [0.05, 0.1) is 17.6 Å². The van der Waals surface area contributed by atoms with Gasteiger partial charge in [0.25, 0.3) is 0 Å². The fourth-order valence-corrected chi connectivity index (χ4v) is 4.73. The molecule has 1 N–H and O–H groups in total. The molecule has 0 spiro atoms. The highest BCUT2D eigenvalue weighted by Gasteiger charge is 2.23. The van der Waals surface area contributed by atoms with Crippen molar-refractivity contribution in [3.8, 4) is 11.3 Å². The van der Waals surface area contributed by atoms with Gasteiger partial charge in [-0.3, -0.25) is 9.10 Å². The van der Waals surface area contributed by atoms with Gasteiger partial charge in [-0.25, -0.2) is 13.4 Å². The molecular weight excluding hydrogens is 430 g/mol. The highest BCUT2D eigenvalue weighted by atomic mass is 35.5. The molecule has 3 rings (SSSR count). The number of aryl methyl sites for hydroxylation is 2. The predicted octanol–water partition coefficient (Wildman–Crippen LogP) is 4.49. The molecule has 0 saturated carbocycles. The van der Waals surface area contributed by atoms with E-state index < -0.39 is 15.9 Å². The molecule has 9 heteroatoms. The van der Waals surface area contributed by atoms with Crippen LogP contribution in [0.2, 0.25) is 5.02 Å². The molecule has 0 radical (unpaired) electrons. The third-order valence-electron chi connectivity index (χ3n) is 4.23. The summed E-state index contributed by atoms with van der Waals surface area (Å²) in [5, 5.41) is 3.76. The molecule has 3 aromatic rings. The van der Waals surface area contributed by atoms with Crippen LogP contribution in [0.3, 0.4) is 0 Å². The predicted molar refractivity (Wildman–Crippen MR) is 119 cm³/mol. The fourth-order valence-electron chi connectivity index (χ4n) is 2.84. The average Bonchev–Trinajstić information content (AvgIpc) is 3.00. The van der Waals surface area contributed by atoms with E-state index in [4.69, 9.17) is 11.6 Å². The van der Waals surface area contributed by atoms with Crippen molar-refractivity contribution in [1.29, 1.82) is 0 Å². The van der Waals surface area contributed by atoms with Crippen molar-refractivity contribution in [2.24, 2.45) is 0 Å².